The number of anilines is 1. The van der Waals surface area contributed by atoms with Gasteiger partial charge in [-0.3, -0.25) is 0 Å². The van der Waals surface area contributed by atoms with Crippen LogP contribution in [0.25, 0.3) is 0 Å². The Kier molecular flexibility index (Phi) is 3.43. The van der Waals surface area contributed by atoms with Gasteiger partial charge in [-0.2, -0.15) is 4.98 Å². The molecule has 16 heavy (non-hydrogen) atoms. The molecule has 0 spiro atoms. The molecule has 2 rings (SSSR count). The molecular weight excluding hydrogens is 204 g/mol. The summed E-state index contributed by atoms with van der Waals surface area (Å²) < 4.78 is 5.20. The van der Waals surface area contributed by atoms with Gasteiger partial charge in [-0.15, -0.1) is 0 Å². The summed E-state index contributed by atoms with van der Waals surface area (Å²) >= 11 is 0. The highest BCUT2D eigenvalue weighted by Gasteiger charge is 2.29. The van der Waals surface area contributed by atoms with Gasteiger partial charge in [-0.1, -0.05) is 18.0 Å². The summed E-state index contributed by atoms with van der Waals surface area (Å²) in [5.41, 5.74) is 5.82. The van der Waals surface area contributed by atoms with Crippen LogP contribution in [-0.4, -0.2) is 29.8 Å². The van der Waals surface area contributed by atoms with Crippen molar-refractivity contribution in [3.05, 3.63) is 5.82 Å². The van der Waals surface area contributed by atoms with Crippen molar-refractivity contribution >= 4 is 6.01 Å². The van der Waals surface area contributed by atoms with Crippen LogP contribution < -0.4 is 10.6 Å². The second-order valence-electron chi connectivity index (χ2n) is 4.58. The Balaban J connectivity index is 2.10. The van der Waals surface area contributed by atoms with E-state index in [0.717, 1.165) is 6.54 Å². The summed E-state index contributed by atoms with van der Waals surface area (Å²) in [6, 6.07) is 1.06. The molecule has 5 heteroatoms. The number of hydrogen-bond acceptors (Lipinski definition) is 5. The number of nitrogens with two attached hydrogens (primary N) is 1. The van der Waals surface area contributed by atoms with Crippen LogP contribution in [0.5, 0.6) is 0 Å². The van der Waals surface area contributed by atoms with Gasteiger partial charge in [0.2, 0.25) is 0 Å². The summed E-state index contributed by atoms with van der Waals surface area (Å²) in [7, 11) is 2.02. The maximum atomic E-state index is 5.82. The quantitative estimate of drug-likeness (QED) is 0.839. The molecule has 1 aliphatic carbocycles. The van der Waals surface area contributed by atoms with E-state index in [4.69, 9.17) is 10.3 Å². The van der Waals surface area contributed by atoms with Gasteiger partial charge in [0.15, 0.2) is 5.82 Å². The second kappa shape index (κ2) is 4.82. The van der Waals surface area contributed by atoms with E-state index in [1.165, 1.54) is 25.7 Å². The maximum Gasteiger partial charge on any atom is 0.324 e. The lowest BCUT2D eigenvalue weighted by molar-refractivity contribution is 0.290. The first-order chi connectivity index (χ1) is 7.72. The van der Waals surface area contributed by atoms with Crippen molar-refractivity contribution in [3.63, 3.8) is 0 Å². The third-order valence-corrected chi connectivity index (χ3v) is 3.49. The summed E-state index contributed by atoms with van der Waals surface area (Å²) in [5.74, 6) is 1.23. The first-order valence-electron chi connectivity index (χ1n) is 5.95. The highest BCUT2D eigenvalue weighted by molar-refractivity contribution is 5.26. The van der Waals surface area contributed by atoms with Crippen LogP contribution >= 0.6 is 0 Å². The molecule has 1 heterocycles. The normalized spacial score (nSPS) is 25.7. The first kappa shape index (κ1) is 11.4. The van der Waals surface area contributed by atoms with Gasteiger partial charge < -0.3 is 15.2 Å². The van der Waals surface area contributed by atoms with Crippen molar-refractivity contribution in [2.45, 2.75) is 38.6 Å². The van der Waals surface area contributed by atoms with Crippen molar-refractivity contribution in [1.82, 2.24) is 10.1 Å². The standard InChI is InChI=1S/C11H20N4O/c1-8-13-11(16-14-8)15(2)10-6-4-3-5-9(10)7-12/h9-10H,3-7,12H2,1-2H3. The fourth-order valence-corrected chi connectivity index (χ4v) is 2.54. The van der Waals surface area contributed by atoms with Gasteiger partial charge in [0, 0.05) is 13.1 Å². The minimum Gasteiger partial charge on any atom is -0.330 e. The molecule has 2 atom stereocenters. The fraction of sp³-hybridized carbons (Fsp3) is 0.818. The van der Waals surface area contributed by atoms with E-state index in [0.29, 0.717) is 23.8 Å². The summed E-state index contributed by atoms with van der Waals surface area (Å²) in [5, 5.41) is 3.82. The molecule has 2 N–H and O–H groups in total. The molecule has 0 saturated heterocycles. The van der Waals surface area contributed by atoms with Crippen molar-refractivity contribution in [2.24, 2.45) is 11.7 Å². The second-order valence-corrected chi connectivity index (χ2v) is 4.58. The molecule has 1 aliphatic rings. The molecular formula is C11H20N4O. The molecule has 0 amide bonds. The average molecular weight is 224 g/mol. The molecule has 0 aliphatic heterocycles. The largest absolute Gasteiger partial charge is 0.330 e. The Morgan fingerprint density at radius 2 is 2.19 bits per heavy atom. The highest BCUT2D eigenvalue weighted by Crippen LogP contribution is 2.29. The smallest absolute Gasteiger partial charge is 0.324 e. The topological polar surface area (TPSA) is 68.2 Å². The van der Waals surface area contributed by atoms with Crippen molar-refractivity contribution in [2.75, 3.05) is 18.5 Å². The zero-order valence-corrected chi connectivity index (χ0v) is 10.0. The zero-order valence-electron chi connectivity index (χ0n) is 10.0. The zero-order chi connectivity index (χ0) is 11.5. The van der Waals surface area contributed by atoms with Crippen molar-refractivity contribution in [3.8, 4) is 0 Å². The predicted molar refractivity (Wildman–Crippen MR) is 62.2 cm³/mol. The molecule has 0 aromatic carbocycles. The Morgan fingerprint density at radius 3 is 2.81 bits per heavy atom. The lowest BCUT2D eigenvalue weighted by atomic mass is 9.84. The SMILES string of the molecule is Cc1noc(N(C)C2CCCCC2CN)n1. The van der Waals surface area contributed by atoms with Gasteiger partial charge in [0.25, 0.3) is 0 Å². The van der Waals surface area contributed by atoms with Crippen LogP contribution in [0.3, 0.4) is 0 Å². The Labute approximate surface area is 96.0 Å². The van der Waals surface area contributed by atoms with Gasteiger partial charge in [0.05, 0.1) is 0 Å². The van der Waals surface area contributed by atoms with Crippen LogP contribution in [0, 0.1) is 12.8 Å². The van der Waals surface area contributed by atoms with Crippen LogP contribution in [0.2, 0.25) is 0 Å². The van der Waals surface area contributed by atoms with E-state index in [1.54, 1.807) is 0 Å². The molecule has 2 unspecified atom stereocenters. The molecule has 0 bridgehead atoms. The van der Waals surface area contributed by atoms with Crippen LogP contribution in [0.15, 0.2) is 4.52 Å². The predicted octanol–water partition coefficient (Wildman–Crippen LogP) is 1.33. The van der Waals surface area contributed by atoms with E-state index in [2.05, 4.69) is 15.0 Å². The molecule has 0 radical (unpaired) electrons. The lowest BCUT2D eigenvalue weighted by Crippen LogP contribution is -2.43. The average Bonchev–Trinajstić information content (AvgIpc) is 2.75. The van der Waals surface area contributed by atoms with Crippen LogP contribution in [0.1, 0.15) is 31.5 Å². The van der Waals surface area contributed by atoms with E-state index < -0.39 is 0 Å². The van der Waals surface area contributed by atoms with Crippen molar-refractivity contribution < 1.29 is 4.52 Å². The summed E-state index contributed by atoms with van der Waals surface area (Å²) in [6.45, 7) is 2.57. The summed E-state index contributed by atoms with van der Waals surface area (Å²) in [6.07, 6.45) is 4.92. The molecule has 1 fully saturated rings. The van der Waals surface area contributed by atoms with Gasteiger partial charge >= 0.3 is 6.01 Å². The first-order valence-corrected chi connectivity index (χ1v) is 5.95. The lowest BCUT2D eigenvalue weighted by Gasteiger charge is -2.36. The van der Waals surface area contributed by atoms with E-state index in [9.17, 15) is 0 Å². The highest BCUT2D eigenvalue weighted by atomic mass is 16.5. The number of nitrogens with zero attached hydrogens (tertiary/aromatic N) is 3. The third-order valence-electron chi connectivity index (χ3n) is 3.49. The maximum absolute atomic E-state index is 5.82. The number of aromatic nitrogens is 2. The van der Waals surface area contributed by atoms with Gasteiger partial charge in [-0.25, -0.2) is 0 Å². The third kappa shape index (κ3) is 2.19. The van der Waals surface area contributed by atoms with E-state index >= 15 is 0 Å². The van der Waals surface area contributed by atoms with Crippen LogP contribution in [0.4, 0.5) is 6.01 Å². The fourth-order valence-electron chi connectivity index (χ4n) is 2.54. The number of rotatable bonds is 3. The Morgan fingerprint density at radius 1 is 1.44 bits per heavy atom. The summed E-state index contributed by atoms with van der Waals surface area (Å²) in [4.78, 5) is 6.36. The number of hydrogen-bond donors (Lipinski definition) is 1. The van der Waals surface area contributed by atoms with E-state index in [-0.39, 0.29) is 0 Å². The van der Waals surface area contributed by atoms with Crippen LogP contribution in [-0.2, 0) is 0 Å². The van der Waals surface area contributed by atoms with Gasteiger partial charge in [0.1, 0.15) is 0 Å². The van der Waals surface area contributed by atoms with Gasteiger partial charge in [-0.05, 0) is 32.2 Å². The molecule has 5 nitrogen and oxygen atoms in total. The monoisotopic (exact) mass is 224 g/mol. The molecule has 1 saturated carbocycles. The number of aryl methyl sites for hydroxylation is 1. The Bertz CT molecular complexity index is 338. The minimum atomic E-state index is 0.443. The Hall–Kier alpha value is -1.10. The molecule has 1 aromatic rings. The van der Waals surface area contributed by atoms with E-state index in [1.807, 2.05) is 14.0 Å². The van der Waals surface area contributed by atoms with Crippen molar-refractivity contribution in [1.29, 1.82) is 0 Å². The minimum absolute atomic E-state index is 0.443. The molecule has 90 valence electrons. The molecule has 1 aromatic heterocycles.